The van der Waals surface area contributed by atoms with Crippen molar-refractivity contribution in [3.63, 3.8) is 0 Å². The fraction of sp³-hybridized carbons (Fsp3) is 0.333. The molecule has 1 N–H and O–H groups in total. The molecule has 0 saturated carbocycles. The number of likely N-dealkylation sites (N-methyl/N-ethyl adjacent to an activating group) is 1. The standard InChI is InChI=1S/C15H19NS/c1-16-15(11-14-9-10-17-12-14)8-7-13-5-3-2-4-6-13/h2-6,9-10,12,15-16H,7-8,11H2,1H3. The highest BCUT2D eigenvalue weighted by atomic mass is 32.1. The van der Waals surface area contributed by atoms with Crippen LogP contribution in [0.3, 0.4) is 0 Å². The predicted molar refractivity (Wildman–Crippen MR) is 75.6 cm³/mol. The summed E-state index contributed by atoms with van der Waals surface area (Å²) in [6.45, 7) is 0. The Bertz CT molecular complexity index is 408. The zero-order valence-corrected chi connectivity index (χ0v) is 11.0. The maximum atomic E-state index is 3.42. The maximum Gasteiger partial charge on any atom is 0.0108 e. The number of thiophene rings is 1. The minimum atomic E-state index is 0.574. The number of rotatable bonds is 6. The summed E-state index contributed by atoms with van der Waals surface area (Å²) in [4.78, 5) is 0. The molecule has 0 amide bonds. The summed E-state index contributed by atoms with van der Waals surface area (Å²) in [6, 6.07) is 13.5. The van der Waals surface area contributed by atoms with Crippen LogP contribution in [0.2, 0.25) is 0 Å². The Hall–Kier alpha value is -1.12. The van der Waals surface area contributed by atoms with E-state index in [4.69, 9.17) is 0 Å². The van der Waals surface area contributed by atoms with E-state index in [9.17, 15) is 0 Å². The quantitative estimate of drug-likeness (QED) is 0.821. The molecule has 1 nitrogen and oxygen atoms in total. The van der Waals surface area contributed by atoms with Gasteiger partial charge >= 0.3 is 0 Å². The van der Waals surface area contributed by atoms with E-state index >= 15 is 0 Å². The lowest BCUT2D eigenvalue weighted by Gasteiger charge is -2.15. The second-order valence-corrected chi connectivity index (χ2v) is 5.13. The Morgan fingerprint density at radius 3 is 2.59 bits per heavy atom. The lowest BCUT2D eigenvalue weighted by molar-refractivity contribution is 0.521. The molecule has 2 rings (SSSR count). The third kappa shape index (κ3) is 3.99. The zero-order valence-electron chi connectivity index (χ0n) is 10.2. The summed E-state index contributed by atoms with van der Waals surface area (Å²) < 4.78 is 0. The predicted octanol–water partition coefficient (Wildman–Crippen LogP) is 3.51. The van der Waals surface area contributed by atoms with Crippen molar-refractivity contribution in [3.8, 4) is 0 Å². The minimum Gasteiger partial charge on any atom is -0.317 e. The molecule has 0 spiro atoms. The normalized spacial score (nSPS) is 12.5. The van der Waals surface area contributed by atoms with E-state index in [0.29, 0.717) is 6.04 Å². The van der Waals surface area contributed by atoms with Gasteiger partial charge in [-0.2, -0.15) is 11.3 Å². The molecule has 90 valence electrons. The van der Waals surface area contributed by atoms with Crippen molar-refractivity contribution in [2.75, 3.05) is 7.05 Å². The first-order chi connectivity index (χ1) is 8.38. The van der Waals surface area contributed by atoms with E-state index < -0.39 is 0 Å². The van der Waals surface area contributed by atoms with E-state index in [1.165, 1.54) is 17.5 Å². The highest BCUT2D eigenvalue weighted by molar-refractivity contribution is 7.07. The molecular weight excluding hydrogens is 226 g/mol. The summed E-state index contributed by atoms with van der Waals surface area (Å²) >= 11 is 1.78. The van der Waals surface area contributed by atoms with Crippen LogP contribution in [0.15, 0.2) is 47.2 Å². The van der Waals surface area contributed by atoms with E-state index in [1.54, 1.807) is 11.3 Å². The van der Waals surface area contributed by atoms with Crippen molar-refractivity contribution in [2.45, 2.75) is 25.3 Å². The number of aryl methyl sites for hydroxylation is 1. The third-order valence-corrected chi connectivity index (χ3v) is 3.83. The van der Waals surface area contributed by atoms with Crippen LogP contribution in [0.4, 0.5) is 0 Å². The molecule has 1 heterocycles. The van der Waals surface area contributed by atoms with Gasteiger partial charge < -0.3 is 5.32 Å². The van der Waals surface area contributed by atoms with Crippen molar-refractivity contribution in [1.29, 1.82) is 0 Å². The van der Waals surface area contributed by atoms with Gasteiger partial charge in [-0.3, -0.25) is 0 Å². The van der Waals surface area contributed by atoms with Gasteiger partial charge in [0.2, 0.25) is 0 Å². The SMILES string of the molecule is CNC(CCc1ccccc1)Cc1ccsc1. The molecule has 0 aliphatic heterocycles. The summed E-state index contributed by atoms with van der Waals surface area (Å²) in [5.74, 6) is 0. The average Bonchev–Trinajstić information content (AvgIpc) is 2.88. The maximum absolute atomic E-state index is 3.42. The van der Waals surface area contributed by atoms with Crippen molar-refractivity contribution in [2.24, 2.45) is 0 Å². The first kappa shape index (κ1) is 12.3. The topological polar surface area (TPSA) is 12.0 Å². The molecule has 1 aromatic carbocycles. The van der Waals surface area contributed by atoms with Crippen LogP contribution in [0.5, 0.6) is 0 Å². The van der Waals surface area contributed by atoms with Crippen LogP contribution in [-0.2, 0) is 12.8 Å². The molecule has 2 heteroatoms. The van der Waals surface area contributed by atoms with Crippen LogP contribution >= 0.6 is 11.3 Å². The summed E-state index contributed by atoms with van der Waals surface area (Å²) in [5, 5.41) is 7.81. The Morgan fingerprint density at radius 1 is 1.12 bits per heavy atom. The monoisotopic (exact) mass is 245 g/mol. The smallest absolute Gasteiger partial charge is 0.0108 e. The molecule has 1 atom stereocenters. The summed E-state index contributed by atoms with van der Waals surface area (Å²) in [7, 11) is 2.06. The van der Waals surface area contributed by atoms with Crippen LogP contribution < -0.4 is 5.32 Å². The third-order valence-electron chi connectivity index (χ3n) is 3.09. The van der Waals surface area contributed by atoms with Crippen LogP contribution in [0.25, 0.3) is 0 Å². The van der Waals surface area contributed by atoms with Crippen LogP contribution in [0, 0.1) is 0 Å². The Kier molecular flexibility index (Phi) is 4.77. The Balaban J connectivity index is 1.84. The minimum absolute atomic E-state index is 0.574. The highest BCUT2D eigenvalue weighted by Crippen LogP contribution is 2.12. The first-order valence-corrected chi connectivity index (χ1v) is 7.05. The molecule has 0 aliphatic rings. The second kappa shape index (κ2) is 6.58. The van der Waals surface area contributed by atoms with Gasteiger partial charge in [-0.25, -0.2) is 0 Å². The van der Waals surface area contributed by atoms with E-state index in [1.807, 2.05) is 0 Å². The number of benzene rings is 1. The average molecular weight is 245 g/mol. The molecule has 0 saturated heterocycles. The molecule has 1 aromatic heterocycles. The highest BCUT2D eigenvalue weighted by Gasteiger charge is 2.07. The van der Waals surface area contributed by atoms with Crippen LogP contribution in [0.1, 0.15) is 17.5 Å². The number of nitrogens with one attached hydrogen (secondary N) is 1. The summed E-state index contributed by atoms with van der Waals surface area (Å²) in [5.41, 5.74) is 2.88. The van der Waals surface area contributed by atoms with Gasteiger partial charge in [-0.15, -0.1) is 0 Å². The molecule has 1 unspecified atom stereocenters. The lowest BCUT2D eigenvalue weighted by atomic mass is 10.0. The molecule has 17 heavy (non-hydrogen) atoms. The Morgan fingerprint density at radius 2 is 1.94 bits per heavy atom. The molecule has 0 fully saturated rings. The molecule has 0 radical (unpaired) electrons. The molecule has 0 bridgehead atoms. The van der Waals surface area contributed by atoms with E-state index in [-0.39, 0.29) is 0 Å². The Labute approximate surface area is 108 Å². The van der Waals surface area contributed by atoms with Crippen molar-refractivity contribution in [3.05, 3.63) is 58.3 Å². The van der Waals surface area contributed by atoms with Gasteiger partial charge in [0.1, 0.15) is 0 Å². The van der Waals surface area contributed by atoms with Crippen molar-refractivity contribution < 1.29 is 0 Å². The van der Waals surface area contributed by atoms with Gasteiger partial charge in [0.05, 0.1) is 0 Å². The van der Waals surface area contributed by atoms with E-state index in [0.717, 1.165) is 12.8 Å². The second-order valence-electron chi connectivity index (χ2n) is 4.35. The van der Waals surface area contributed by atoms with Crippen molar-refractivity contribution in [1.82, 2.24) is 5.32 Å². The lowest BCUT2D eigenvalue weighted by Crippen LogP contribution is -2.27. The van der Waals surface area contributed by atoms with Gasteiger partial charge in [-0.05, 0) is 54.3 Å². The van der Waals surface area contributed by atoms with Crippen LogP contribution in [-0.4, -0.2) is 13.1 Å². The molecule has 2 aromatic rings. The van der Waals surface area contributed by atoms with Gasteiger partial charge in [-0.1, -0.05) is 30.3 Å². The fourth-order valence-corrected chi connectivity index (χ4v) is 2.71. The molecule has 0 aliphatic carbocycles. The van der Waals surface area contributed by atoms with Gasteiger partial charge in [0.25, 0.3) is 0 Å². The largest absolute Gasteiger partial charge is 0.317 e. The van der Waals surface area contributed by atoms with E-state index in [2.05, 4.69) is 59.5 Å². The number of hydrogen-bond donors (Lipinski definition) is 1. The summed E-state index contributed by atoms with van der Waals surface area (Å²) in [6.07, 6.45) is 3.47. The molecular formula is C15H19NS. The number of hydrogen-bond acceptors (Lipinski definition) is 2. The van der Waals surface area contributed by atoms with Gasteiger partial charge in [0.15, 0.2) is 0 Å². The van der Waals surface area contributed by atoms with Crippen molar-refractivity contribution >= 4 is 11.3 Å². The fourth-order valence-electron chi connectivity index (χ4n) is 2.03. The van der Waals surface area contributed by atoms with Gasteiger partial charge in [0, 0.05) is 6.04 Å². The zero-order chi connectivity index (χ0) is 11.9. The first-order valence-electron chi connectivity index (χ1n) is 6.11.